The van der Waals surface area contributed by atoms with Crippen molar-refractivity contribution < 1.29 is 4.21 Å². The number of hydrogen-bond donors (Lipinski definition) is 1. The number of rotatable bonds is 2. The molecule has 2 N–H and O–H groups in total. The van der Waals surface area contributed by atoms with Gasteiger partial charge < -0.3 is 5.73 Å². The lowest BCUT2D eigenvalue weighted by Crippen LogP contribution is -2.28. The summed E-state index contributed by atoms with van der Waals surface area (Å²) in [5.41, 5.74) is 6.39. The van der Waals surface area contributed by atoms with Crippen molar-refractivity contribution in [2.75, 3.05) is 5.73 Å². The number of pyridine rings is 1. The first kappa shape index (κ1) is 12.6. The molecule has 0 amide bonds. The van der Waals surface area contributed by atoms with E-state index in [0.717, 1.165) is 17.7 Å². The number of nitrogen functional groups attached to an aromatic ring is 1. The van der Waals surface area contributed by atoms with Crippen LogP contribution in [0.5, 0.6) is 0 Å². The first-order valence-corrected chi connectivity index (χ1v) is 7.39. The van der Waals surface area contributed by atoms with Gasteiger partial charge in [-0.25, -0.2) is 0 Å². The number of nitrogens with zero attached hydrogens (tertiary/aromatic N) is 1. The molecule has 4 heteroatoms. The van der Waals surface area contributed by atoms with Gasteiger partial charge in [0.25, 0.3) is 0 Å². The van der Waals surface area contributed by atoms with Gasteiger partial charge in [-0.15, -0.1) is 0 Å². The second kappa shape index (κ2) is 5.17. The minimum Gasteiger partial charge on any atom is -0.396 e. The summed E-state index contributed by atoms with van der Waals surface area (Å²) in [5.74, 6) is 1.33. The zero-order valence-electron chi connectivity index (χ0n) is 10.4. The molecule has 17 heavy (non-hydrogen) atoms. The first-order chi connectivity index (χ1) is 8.08. The average molecular weight is 252 g/mol. The van der Waals surface area contributed by atoms with Gasteiger partial charge in [-0.2, -0.15) is 0 Å². The molecule has 1 aromatic heterocycles. The quantitative estimate of drug-likeness (QED) is 0.880. The molecule has 0 aromatic carbocycles. The minimum atomic E-state index is -0.988. The second-order valence-corrected chi connectivity index (χ2v) is 6.95. The van der Waals surface area contributed by atoms with E-state index in [4.69, 9.17) is 5.73 Å². The molecule has 1 aromatic rings. The van der Waals surface area contributed by atoms with Crippen molar-refractivity contribution in [2.45, 2.75) is 43.3 Å². The van der Waals surface area contributed by atoms with E-state index in [9.17, 15) is 4.21 Å². The maximum Gasteiger partial charge on any atom is 0.0664 e. The summed E-state index contributed by atoms with van der Waals surface area (Å²) in [6, 6.07) is 1.79. The van der Waals surface area contributed by atoms with E-state index in [-0.39, 0.29) is 5.25 Å². The number of nitrogens with two attached hydrogens (primary N) is 1. The Kier molecular flexibility index (Phi) is 3.82. The third-order valence-corrected chi connectivity index (χ3v) is 5.26. The third-order valence-electron chi connectivity index (χ3n) is 3.46. The largest absolute Gasteiger partial charge is 0.396 e. The summed E-state index contributed by atoms with van der Waals surface area (Å²) in [7, 11) is -0.988. The molecular formula is C13H20N2OS. The van der Waals surface area contributed by atoms with Crippen molar-refractivity contribution >= 4 is 16.5 Å². The Morgan fingerprint density at radius 3 is 2.53 bits per heavy atom. The Morgan fingerprint density at radius 1 is 1.29 bits per heavy atom. The maximum atomic E-state index is 12.5. The van der Waals surface area contributed by atoms with Gasteiger partial charge in [-0.1, -0.05) is 13.8 Å². The fourth-order valence-electron chi connectivity index (χ4n) is 2.80. The summed E-state index contributed by atoms with van der Waals surface area (Å²) >= 11 is 0. The van der Waals surface area contributed by atoms with E-state index >= 15 is 0 Å². The van der Waals surface area contributed by atoms with E-state index < -0.39 is 10.8 Å². The molecule has 0 bridgehead atoms. The summed E-state index contributed by atoms with van der Waals surface area (Å²) in [4.78, 5) is 4.70. The lowest BCUT2D eigenvalue weighted by Gasteiger charge is -2.30. The summed E-state index contributed by atoms with van der Waals surface area (Å²) < 4.78 is 12.5. The highest BCUT2D eigenvalue weighted by atomic mass is 32.2. The number of hydrogen-bond acceptors (Lipinski definition) is 3. The monoisotopic (exact) mass is 252 g/mol. The van der Waals surface area contributed by atoms with Gasteiger partial charge in [0, 0.05) is 11.4 Å². The molecule has 0 aliphatic heterocycles. The van der Waals surface area contributed by atoms with Gasteiger partial charge in [0.05, 0.1) is 27.6 Å². The van der Waals surface area contributed by atoms with Crippen LogP contribution in [0.2, 0.25) is 0 Å². The molecule has 3 atom stereocenters. The van der Waals surface area contributed by atoms with Crippen molar-refractivity contribution in [1.82, 2.24) is 4.98 Å². The summed E-state index contributed by atoms with van der Waals surface area (Å²) in [6.45, 7) is 4.49. The van der Waals surface area contributed by atoms with E-state index in [1.54, 1.807) is 18.5 Å². The van der Waals surface area contributed by atoms with Gasteiger partial charge in [0.2, 0.25) is 0 Å². The lowest BCUT2D eigenvalue weighted by atomic mass is 9.83. The van der Waals surface area contributed by atoms with Crippen LogP contribution in [0.15, 0.2) is 23.4 Å². The van der Waals surface area contributed by atoms with Crippen molar-refractivity contribution in [1.29, 1.82) is 0 Å². The standard InChI is InChI=1S/C13H20N2OS/c1-9-5-10(2)7-11(6-9)17(16)13-3-4-15-8-12(13)14/h3-4,8-11H,5-7,14H2,1-2H3. The van der Waals surface area contributed by atoms with Crippen molar-refractivity contribution in [3.05, 3.63) is 18.5 Å². The van der Waals surface area contributed by atoms with Crippen LogP contribution >= 0.6 is 0 Å². The van der Waals surface area contributed by atoms with E-state index in [2.05, 4.69) is 18.8 Å². The molecule has 0 radical (unpaired) electrons. The number of aromatic nitrogens is 1. The highest BCUT2D eigenvalue weighted by Crippen LogP contribution is 2.34. The second-order valence-electron chi connectivity index (χ2n) is 5.25. The molecular weight excluding hydrogens is 232 g/mol. The maximum absolute atomic E-state index is 12.5. The Balaban J connectivity index is 2.17. The molecule has 2 rings (SSSR count). The molecule has 1 aliphatic rings. The van der Waals surface area contributed by atoms with Crippen molar-refractivity contribution in [3.8, 4) is 0 Å². The topological polar surface area (TPSA) is 56.0 Å². The van der Waals surface area contributed by atoms with Crippen LogP contribution in [0.1, 0.15) is 33.1 Å². The van der Waals surface area contributed by atoms with Crippen LogP contribution in [0.4, 0.5) is 5.69 Å². The van der Waals surface area contributed by atoms with E-state index in [0.29, 0.717) is 17.5 Å². The lowest BCUT2D eigenvalue weighted by molar-refractivity contribution is 0.305. The van der Waals surface area contributed by atoms with E-state index in [1.807, 2.05) is 0 Å². The number of anilines is 1. The molecule has 1 aliphatic carbocycles. The SMILES string of the molecule is CC1CC(C)CC(S(=O)c2ccncc2N)C1. The molecule has 0 spiro atoms. The van der Waals surface area contributed by atoms with Gasteiger partial charge >= 0.3 is 0 Å². The van der Waals surface area contributed by atoms with Crippen LogP contribution in [-0.4, -0.2) is 14.4 Å². The smallest absolute Gasteiger partial charge is 0.0664 e. The zero-order chi connectivity index (χ0) is 12.4. The van der Waals surface area contributed by atoms with Crippen molar-refractivity contribution in [2.24, 2.45) is 11.8 Å². The highest BCUT2D eigenvalue weighted by Gasteiger charge is 2.29. The molecule has 0 saturated heterocycles. The van der Waals surface area contributed by atoms with Crippen LogP contribution in [0.25, 0.3) is 0 Å². The van der Waals surface area contributed by atoms with E-state index in [1.165, 1.54) is 6.42 Å². The van der Waals surface area contributed by atoms with Crippen molar-refractivity contribution in [3.63, 3.8) is 0 Å². The normalized spacial score (nSPS) is 31.1. The van der Waals surface area contributed by atoms with Gasteiger partial charge in [-0.3, -0.25) is 9.19 Å². The molecule has 3 nitrogen and oxygen atoms in total. The van der Waals surface area contributed by atoms with Crippen LogP contribution in [-0.2, 0) is 10.8 Å². The zero-order valence-corrected chi connectivity index (χ0v) is 11.2. The summed E-state index contributed by atoms with van der Waals surface area (Å²) in [6.07, 6.45) is 6.58. The molecule has 3 unspecified atom stereocenters. The predicted molar refractivity (Wildman–Crippen MR) is 71.0 cm³/mol. The average Bonchev–Trinajstić information content (AvgIpc) is 2.27. The van der Waals surface area contributed by atoms with Crippen LogP contribution in [0.3, 0.4) is 0 Å². The Hall–Kier alpha value is -0.900. The van der Waals surface area contributed by atoms with Crippen LogP contribution < -0.4 is 5.73 Å². The minimum absolute atomic E-state index is 0.249. The van der Waals surface area contributed by atoms with Crippen LogP contribution in [0, 0.1) is 11.8 Å². The first-order valence-electron chi connectivity index (χ1n) is 6.18. The molecule has 94 valence electrons. The molecule has 1 saturated carbocycles. The summed E-state index contributed by atoms with van der Waals surface area (Å²) in [5, 5.41) is 0.249. The predicted octanol–water partition coefficient (Wildman–Crippen LogP) is 2.60. The van der Waals surface area contributed by atoms with Gasteiger partial charge in [0.1, 0.15) is 0 Å². The fraction of sp³-hybridized carbons (Fsp3) is 0.615. The molecule has 1 fully saturated rings. The van der Waals surface area contributed by atoms with Gasteiger partial charge in [0.15, 0.2) is 0 Å². The third kappa shape index (κ3) is 2.86. The Bertz CT molecular complexity index is 412. The van der Waals surface area contributed by atoms with Gasteiger partial charge in [-0.05, 0) is 37.2 Å². The Morgan fingerprint density at radius 2 is 1.94 bits per heavy atom. The highest BCUT2D eigenvalue weighted by molar-refractivity contribution is 7.85. The Labute approximate surface area is 105 Å². The fourth-order valence-corrected chi connectivity index (χ4v) is 4.65. The molecule has 1 heterocycles.